The van der Waals surface area contributed by atoms with Gasteiger partial charge in [0.25, 0.3) is 0 Å². The summed E-state index contributed by atoms with van der Waals surface area (Å²) in [7, 11) is 0. The summed E-state index contributed by atoms with van der Waals surface area (Å²) in [5, 5.41) is 10.8. The number of carboxylic acids is 1. The van der Waals surface area contributed by atoms with Gasteiger partial charge in [0.05, 0.1) is 6.42 Å². The molecule has 0 unspecified atom stereocenters. The average molecular weight is 315 g/mol. The van der Waals surface area contributed by atoms with Gasteiger partial charge in [0.15, 0.2) is 0 Å². The highest BCUT2D eigenvalue weighted by Gasteiger charge is 2.05. The first-order chi connectivity index (χ1) is 10.2. The fraction of sp³-hybridized carbons (Fsp3) is 0.833. The molecule has 0 rings (SSSR count). The van der Waals surface area contributed by atoms with Gasteiger partial charge in [-0.25, -0.2) is 0 Å². The van der Waals surface area contributed by atoms with E-state index in [4.69, 9.17) is 5.11 Å². The molecule has 0 heterocycles. The molecule has 0 aliphatic rings. The molecule has 0 spiro atoms. The summed E-state index contributed by atoms with van der Waals surface area (Å²) in [6.07, 6.45) is 15.8. The van der Waals surface area contributed by atoms with Crippen molar-refractivity contribution in [2.24, 2.45) is 5.92 Å². The molecular weight excluding hydrogens is 280 g/mol. The van der Waals surface area contributed by atoms with Crippen molar-refractivity contribution in [3.8, 4) is 0 Å². The first-order valence-electron chi connectivity index (χ1n) is 8.70. The monoisotopic (exact) mass is 314 g/mol. The largest absolute Gasteiger partial charge is 0.481 e. The van der Waals surface area contributed by atoms with Gasteiger partial charge in [-0.2, -0.15) is 0 Å². The minimum Gasteiger partial charge on any atom is -0.481 e. The third-order valence-corrected chi connectivity index (χ3v) is 4.53. The Kier molecular flexibility index (Phi) is 15.6. The van der Waals surface area contributed by atoms with Crippen LogP contribution in [0, 0.1) is 5.92 Å². The van der Waals surface area contributed by atoms with E-state index in [1.54, 1.807) is 11.8 Å². The van der Waals surface area contributed by atoms with E-state index in [1.807, 2.05) is 0 Å². The van der Waals surface area contributed by atoms with Gasteiger partial charge in [0.2, 0.25) is 0 Å². The lowest BCUT2D eigenvalue weighted by Crippen LogP contribution is -1.98. The number of aliphatic carboxylic acids is 1. The topological polar surface area (TPSA) is 37.3 Å². The minimum atomic E-state index is -0.702. The maximum Gasteiger partial charge on any atom is 0.304 e. The number of unbranched alkanes of at least 4 members (excludes halogenated alkanes) is 6. The maximum absolute atomic E-state index is 10.5. The number of carbonyl (C=O) groups is 1. The molecule has 0 saturated carbocycles. The summed E-state index contributed by atoms with van der Waals surface area (Å²) in [6, 6.07) is 0. The molecule has 21 heavy (non-hydrogen) atoms. The molecule has 0 fully saturated rings. The van der Waals surface area contributed by atoms with Gasteiger partial charge in [0, 0.05) is 5.75 Å². The highest BCUT2D eigenvalue weighted by molar-refractivity contribution is 8.02. The highest BCUT2D eigenvalue weighted by atomic mass is 32.2. The van der Waals surface area contributed by atoms with Crippen LogP contribution >= 0.6 is 11.8 Å². The van der Waals surface area contributed by atoms with Crippen LogP contribution < -0.4 is 0 Å². The quantitative estimate of drug-likeness (QED) is 0.362. The van der Waals surface area contributed by atoms with E-state index in [-0.39, 0.29) is 6.42 Å². The van der Waals surface area contributed by atoms with Gasteiger partial charge in [-0.15, -0.1) is 11.8 Å². The molecule has 0 radical (unpaired) electrons. The molecule has 0 aliphatic carbocycles. The highest BCUT2D eigenvalue weighted by Crippen LogP contribution is 2.21. The number of hydrogen-bond donors (Lipinski definition) is 1. The van der Waals surface area contributed by atoms with Crippen molar-refractivity contribution in [3.05, 3.63) is 11.5 Å². The van der Waals surface area contributed by atoms with Gasteiger partial charge < -0.3 is 5.11 Å². The molecule has 1 N–H and O–H groups in total. The van der Waals surface area contributed by atoms with E-state index >= 15 is 0 Å². The van der Waals surface area contributed by atoms with Crippen LogP contribution in [-0.4, -0.2) is 16.8 Å². The minimum absolute atomic E-state index is 0.257. The van der Waals surface area contributed by atoms with Gasteiger partial charge in [0.1, 0.15) is 0 Å². The summed E-state index contributed by atoms with van der Waals surface area (Å²) in [6.45, 7) is 4.50. The fourth-order valence-corrected chi connectivity index (χ4v) is 3.15. The van der Waals surface area contributed by atoms with E-state index in [1.165, 1.54) is 64.2 Å². The fourth-order valence-electron chi connectivity index (χ4n) is 2.38. The zero-order valence-electron chi connectivity index (χ0n) is 14.0. The number of carboxylic acid groups (broad SMARTS) is 1. The van der Waals surface area contributed by atoms with Crippen LogP contribution in [-0.2, 0) is 4.79 Å². The summed E-state index contributed by atoms with van der Waals surface area (Å²) in [5.41, 5.74) is 0. The molecule has 0 aromatic carbocycles. The number of rotatable bonds is 15. The zero-order valence-corrected chi connectivity index (χ0v) is 14.8. The SMILES string of the molecule is CCCCCCC(/C=C/SCCC(=O)O)CCCCCC. The standard InChI is InChI=1S/C18H34O2S/c1-3-5-7-9-11-17(12-10-8-6-4-2)13-15-21-16-14-18(19)20/h13,15,17H,3-12,14,16H2,1-2H3,(H,19,20)/b15-13+. The molecule has 0 aromatic heterocycles. The van der Waals surface area contributed by atoms with Crippen molar-refractivity contribution in [2.75, 3.05) is 5.75 Å². The predicted molar refractivity (Wildman–Crippen MR) is 94.9 cm³/mol. The normalized spacial score (nSPS) is 11.6. The van der Waals surface area contributed by atoms with E-state index in [9.17, 15) is 4.79 Å². The van der Waals surface area contributed by atoms with E-state index in [0.29, 0.717) is 11.7 Å². The maximum atomic E-state index is 10.5. The van der Waals surface area contributed by atoms with Crippen molar-refractivity contribution < 1.29 is 9.90 Å². The molecule has 0 aliphatic heterocycles. The second kappa shape index (κ2) is 15.9. The second-order valence-electron chi connectivity index (χ2n) is 5.80. The second-order valence-corrected chi connectivity index (χ2v) is 6.82. The molecular formula is C18H34O2S. The molecule has 124 valence electrons. The Morgan fingerprint density at radius 2 is 1.57 bits per heavy atom. The first kappa shape index (κ1) is 20.6. The number of thioether (sulfide) groups is 1. The van der Waals surface area contributed by atoms with E-state index in [0.717, 1.165) is 0 Å². The smallest absolute Gasteiger partial charge is 0.304 e. The van der Waals surface area contributed by atoms with Crippen LogP contribution in [0.25, 0.3) is 0 Å². The summed E-state index contributed by atoms with van der Waals surface area (Å²) < 4.78 is 0. The molecule has 0 atom stereocenters. The van der Waals surface area contributed by atoms with Gasteiger partial charge in [-0.05, 0) is 24.2 Å². The van der Waals surface area contributed by atoms with Crippen molar-refractivity contribution in [1.82, 2.24) is 0 Å². The van der Waals surface area contributed by atoms with Gasteiger partial charge >= 0.3 is 5.97 Å². The van der Waals surface area contributed by atoms with Crippen LogP contribution in [0.3, 0.4) is 0 Å². The Labute approximate surface area is 135 Å². The van der Waals surface area contributed by atoms with Crippen LogP contribution in [0.15, 0.2) is 11.5 Å². The Bertz CT molecular complexity index is 252. The third kappa shape index (κ3) is 15.8. The summed E-state index contributed by atoms with van der Waals surface area (Å²) in [5.74, 6) is 0.673. The number of hydrogen-bond acceptors (Lipinski definition) is 2. The first-order valence-corrected chi connectivity index (χ1v) is 9.75. The van der Waals surface area contributed by atoms with Crippen molar-refractivity contribution in [3.63, 3.8) is 0 Å². The van der Waals surface area contributed by atoms with Gasteiger partial charge in [-0.1, -0.05) is 71.3 Å². The van der Waals surface area contributed by atoms with Crippen molar-refractivity contribution in [1.29, 1.82) is 0 Å². The zero-order chi connectivity index (χ0) is 15.8. The molecule has 3 heteroatoms. The Morgan fingerprint density at radius 3 is 2.05 bits per heavy atom. The predicted octanol–water partition coefficient (Wildman–Crippen LogP) is 6.27. The van der Waals surface area contributed by atoms with Crippen LogP contribution in [0.1, 0.15) is 84.5 Å². The number of allylic oxidation sites excluding steroid dienone is 1. The van der Waals surface area contributed by atoms with Crippen LogP contribution in [0.2, 0.25) is 0 Å². The summed E-state index contributed by atoms with van der Waals surface area (Å²) in [4.78, 5) is 10.5. The van der Waals surface area contributed by atoms with E-state index in [2.05, 4.69) is 25.3 Å². The Hall–Kier alpha value is -0.440. The Morgan fingerprint density at radius 1 is 1.00 bits per heavy atom. The molecule has 0 saturated heterocycles. The summed E-state index contributed by atoms with van der Waals surface area (Å²) >= 11 is 1.64. The molecule has 0 bridgehead atoms. The molecule has 2 nitrogen and oxygen atoms in total. The molecule has 0 aromatic rings. The lowest BCUT2D eigenvalue weighted by Gasteiger charge is -2.12. The average Bonchev–Trinajstić information content (AvgIpc) is 2.46. The van der Waals surface area contributed by atoms with Crippen molar-refractivity contribution >= 4 is 17.7 Å². The van der Waals surface area contributed by atoms with Crippen LogP contribution in [0.5, 0.6) is 0 Å². The lowest BCUT2D eigenvalue weighted by molar-refractivity contribution is -0.136. The molecule has 0 amide bonds. The van der Waals surface area contributed by atoms with Gasteiger partial charge in [-0.3, -0.25) is 4.79 Å². The van der Waals surface area contributed by atoms with Crippen molar-refractivity contribution in [2.45, 2.75) is 84.5 Å². The Balaban J connectivity index is 3.91. The van der Waals surface area contributed by atoms with Crippen LogP contribution in [0.4, 0.5) is 0 Å². The lowest BCUT2D eigenvalue weighted by atomic mass is 9.95. The van der Waals surface area contributed by atoms with E-state index < -0.39 is 5.97 Å². The third-order valence-electron chi connectivity index (χ3n) is 3.74.